The first-order chi connectivity index (χ1) is 5.93. The van der Waals surface area contributed by atoms with Crippen LogP contribution in [0, 0.1) is 0 Å². The molecule has 1 rings (SSSR count). The zero-order chi connectivity index (χ0) is 9.23. The fourth-order valence-electron chi connectivity index (χ4n) is 0.938. The second-order valence-corrected chi connectivity index (χ2v) is 2.35. The minimum Gasteiger partial charge on any atom is -0.121 e. The van der Waals surface area contributed by atoms with Gasteiger partial charge in [-0.05, 0) is 24.1 Å². The lowest BCUT2D eigenvalue weighted by Gasteiger charge is -1.93. The smallest absolute Gasteiger partial charge is 0 e. The molecule has 0 heterocycles. The molecule has 1 aliphatic rings. The summed E-state index contributed by atoms with van der Waals surface area (Å²) >= 11 is 0. The molecule has 12 heavy (non-hydrogen) atoms. The molecule has 0 aromatic rings. The monoisotopic (exact) mass is 164 g/mol. The highest BCUT2D eigenvalue weighted by molar-refractivity contribution is 5.28. The lowest BCUT2D eigenvalue weighted by Crippen LogP contribution is -1.73. The van der Waals surface area contributed by atoms with Gasteiger partial charge in [0.2, 0.25) is 0 Å². The van der Waals surface area contributed by atoms with Crippen molar-refractivity contribution in [1.82, 2.24) is 0 Å². The van der Waals surface area contributed by atoms with Crippen LogP contribution in [0.15, 0.2) is 41.7 Å². The first-order valence-corrected chi connectivity index (χ1v) is 4.72. The lowest BCUT2D eigenvalue weighted by molar-refractivity contribution is 0.927. The van der Waals surface area contributed by atoms with Crippen LogP contribution in [0.5, 0.6) is 0 Å². The highest BCUT2D eigenvalue weighted by atomic mass is 13.9. The zero-order valence-corrected chi connectivity index (χ0v) is 8.30. The van der Waals surface area contributed by atoms with Crippen LogP contribution in [-0.2, 0) is 0 Å². The molecular formula is C12H20. The average molecular weight is 164 g/mol. The fraction of sp³-hybridized carbons (Fsp3) is 0.417. The van der Waals surface area contributed by atoms with Gasteiger partial charge in [-0.15, -0.1) is 5.73 Å². The Morgan fingerprint density at radius 3 is 2.75 bits per heavy atom. The molecule has 68 valence electrons. The molecule has 0 amide bonds. The summed E-state index contributed by atoms with van der Waals surface area (Å²) in [5.74, 6) is 0. The summed E-state index contributed by atoms with van der Waals surface area (Å²) in [4.78, 5) is 0. The zero-order valence-electron chi connectivity index (χ0n) is 8.30. The molecule has 0 saturated heterocycles. The predicted octanol–water partition coefficient (Wildman–Crippen LogP) is 4.27. The van der Waals surface area contributed by atoms with E-state index in [1.54, 1.807) is 0 Å². The third kappa shape index (κ3) is 4.76. The van der Waals surface area contributed by atoms with Crippen molar-refractivity contribution >= 4 is 0 Å². The quantitative estimate of drug-likeness (QED) is 0.535. The molecule has 0 bridgehead atoms. The molecule has 0 heteroatoms. The molecule has 0 nitrogen and oxygen atoms in total. The minimum atomic E-state index is 0. The predicted molar refractivity (Wildman–Crippen MR) is 58.2 cm³/mol. The van der Waals surface area contributed by atoms with Crippen molar-refractivity contribution in [3.63, 3.8) is 0 Å². The molecule has 0 aromatic heterocycles. The van der Waals surface area contributed by atoms with Gasteiger partial charge in [-0.1, -0.05) is 45.4 Å². The van der Waals surface area contributed by atoms with Gasteiger partial charge in [0.1, 0.15) is 0 Å². The maximum atomic E-state index is 3.08. The Hall–Kier alpha value is -1.00. The maximum Gasteiger partial charge on any atom is 0 e. The van der Waals surface area contributed by atoms with Crippen LogP contribution in [0.4, 0.5) is 0 Å². The topological polar surface area (TPSA) is 0 Å². The van der Waals surface area contributed by atoms with Crippen LogP contribution in [0.1, 0.15) is 35.0 Å². The van der Waals surface area contributed by atoms with Crippen LogP contribution >= 0.6 is 0 Å². The van der Waals surface area contributed by atoms with Crippen molar-refractivity contribution in [2.45, 2.75) is 33.6 Å². The van der Waals surface area contributed by atoms with Gasteiger partial charge in [-0.3, -0.25) is 0 Å². The number of rotatable bonds is 2. The molecule has 0 atom stereocenters. The van der Waals surface area contributed by atoms with E-state index in [0.29, 0.717) is 0 Å². The normalized spacial score (nSPS) is 13.1. The summed E-state index contributed by atoms with van der Waals surface area (Å²) in [6.07, 6.45) is 12.5. The third-order valence-corrected chi connectivity index (χ3v) is 1.42. The van der Waals surface area contributed by atoms with Crippen LogP contribution in [-0.4, -0.2) is 0 Å². The SMILES string of the molecule is CC.CCCC1=CC=CC=C=C1.[HH]. The van der Waals surface area contributed by atoms with Crippen molar-refractivity contribution in [2.75, 3.05) is 0 Å². The molecule has 0 N–H and O–H groups in total. The highest BCUT2D eigenvalue weighted by Gasteiger charge is 1.87. The van der Waals surface area contributed by atoms with E-state index in [1.165, 1.54) is 12.0 Å². The van der Waals surface area contributed by atoms with E-state index >= 15 is 0 Å². The molecular weight excluding hydrogens is 144 g/mol. The second kappa shape index (κ2) is 8.10. The van der Waals surface area contributed by atoms with E-state index in [4.69, 9.17) is 0 Å². The Labute approximate surface area is 77.5 Å². The first kappa shape index (κ1) is 11.0. The molecule has 0 aromatic carbocycles. The third-order valence-electron chi connectivity index (χ3n) is 1.42. The van der Waals surface area contributed by atoms with E-state index in [1.807, 2.05) is 32.1 Å². The highest BCUT2D eigenvalue weighted by Crippen LogP contribution is 2.07. The minimum absolute atomic E-state index is 0. The number of allylic oxidation sites excluding steroid dienone is 5. The summed E-state index contributed by atoms with van der Waals surface area (Å²) in [6, 6.07) is 0. The van der Waals surface area contributed by atoms with Crippen LogP contribution in [0.25, 0.3) is 0 Å². The fourth-order valence-corrected chi connectivity index (χ4v) is 0.938. The second-order valence-electron chi connectivity index (χ2n) is 2.35. The van der Waals surface area contributed by atoms with E-state index < -0.39 is 0 Å². The van der Waals surface area contributed by atoms with Crippen molar-refractivity contribution in [2.24, 2.45) is 0 Å². The molecule has 0 saturated carbocycles. The Morgan fingerprint density at radius 1 is 1.33 bits per heavy atom. The van der Waals surface area contributed by atoms with Crippen molar-refractivity contribution in [3.8, 4) is 0 Å². The van der Waals surface area contributed by atoms with Crippen molar-refractivity contribution < 1.29 is 1.43 Å². The van der Waals surface area contributed by atoms with E-state index in [-0.39, 0.29) is 1.43 Å². The Kier molecular flexibility index (Phi) is 7.42. The van der Waals surface area contributed by atoms with Gasteiger partial charge < -0.3 is 0 Å². The van der Waals surface area contributed by atoms with E-state index in [2.05, 4.69) is 24.8 Å². The summed E-state index contributed by atoms with van der Waals surface area (Å²) < 4.78 is 0. The van der Waals surface area contributed by atoms with Gasteiger partial charge in [0.05, 0.1) is 0 Å². The Bertz CT molecular complexity index is 215. The Balaban J connectivity index is 0. The van der Waals surface area contributed by atoms with Gasteiger partial charge in [0, 0.05) is 1.43 Å². The van der Waals surface area contributed by atoms with E-state index in [9.17, 15) is 0 Å². The maximum absolute atomic E-state index is 3.08. The summed E-state index contributed by atoms with van der Waals surface area (Å²) in [6.45, 7) is 6.19. The summed E-state index contributed by atoms with van der Waals surface area (Å²) in [5.41, 5.74) is 4.45. The standard InChI is InChI=1S/C10H12.C2H6.H2/c1-2-7-10-8-5-3-4-6-9-10;1-2;/h3-5,8-9H,2,7H2,1H3;1-2H3;1H. The molecule has 0 fully saturated rings. The van der Waals surface area contributed by atoms with Gasteiger partial charge in [-0.25, -0.2) is 0 Å². The van der Waals surface area contributed by atoms with Crippen LogP contribution < -0.4 is 0 Å². The first-order valence-electron chi connectivity index (χ1n) is 4.72. The van der Waals surface area contributed by atoms with Crippen molar-refractivity contribution in [1.29, 1.82) is 0 Å². The number of hydrogen-bond donors (Lipinski definition) is 0. The van der Waals surface area contributed by atoms with Gasteiger partial charge >= 0.3 is 0 Å². The Morgan fingerprint density at radius 2 is 2.08 bits per heavy atom. The largest absolute Gasteiger partial charge is 0.121 e. The lowest BCUT2D eigenvalue weighted by atomic mass is 10.1. The van der Waals surface area contributed by atoms with Crippen molar-refractivity contribution in [3.05, 3.63) is 41.7 Å². The summed E-state index contributed by atoms with van der Waals surface area (Å²) in [5, 5.41) is 0. The molecule has 0 aliphatic heterocycles. The van der Waals surface area contributed by atoms with E-state index in [0.717, 1.165) is 6.42 Å². The molecule has 0 spiro atoms. The summed E-state index contributed by atoms with van der Waals surface area (Å²) in [7, 11) is 0. The molecule has 0 unspecified atom stereocenters. The number of hydrogen-bond acceptors (Lipinski definition) is 0. The van der Waals surface area contributed by atoms with Gasteiger partial charge in [0.15, 0.2) is 0 Å². The van der Waals surface area contributed by atoms with Crippen LogP contribution in [0.3, 0.4) is 0 Å². The molecule has 0 radical (unpaired) electrons. The van der Waals surface area contributed by atoms with Gasteiger partial charge in [-0.2, -0.15) is 0 Å². The van der Waals surface area contributed by atoms with Gasteiger partial charge in [0.25, 0.3) is 0 Å². The molecule has 1 aliphatic carbocycles. The van der Waals surface area contributed by atoms with Crippen LogP contribution in [0.2, 0.25) is 0 Å². The average Bonchev–Trinajstić information content (AvgIpc) is 2.37.